The molecule has 1 rings (SSSR count). The van der Waals surface area contributed by atoms with E-state index in [4.69, 9.17) is 16.7 Å². The molecular weight excluding hydrogens is 309 g/mol. The molecular formula is C12H15ClFNO4S. The van der Waals surface area contributed by atoms with Gasteiger partial charge in [0.25, 0.3) is 0 Å². The van der Waals surface area contributed by atoms with Crippen LogP contribution in [0, 0.1) is 11.7 Å². The first-order valence-corrected chi connectivity index (χ1v) is 7.69. The van der Waals surface area contributed by atoms with Crippen molar-refractivity contribution in [1.82, 2.24) is 4.72 Å². The highest BCUT2D eigenvalue weighted by molar-refractivity contribution is 7.89. The Hall–Kier alpha value is -1.18. The second-order valence-corrected chi connectivity index (χ2v) is 6.90. The Morgan fingerprint density at radius 2 is 2.00 bits per heavy atom. The highest BCUT2D eigenvalue weighted by atomic mass is 35.5. The van der Waals surface area contributed by atoms with Crippen LogP contribution in [0.2, 0.25) is 5.02 Å². The molecule has 112 valence electrons. The summed E-state index contributed by atoms with van der Waals surface area (Å²) >= 11 is 5.59. The summed E-state index contributed by atoms with van der Waals surface area (Å²) in [4.78, 5) is 10.6. The maximum Gasteiger partial charge on any atom is 0.321 e. The molecule has 20 heavy (non-hydrogen) atoms. The van der Waals surface area contributed by atoms with Crippen LogP contribution in [-0.4, -0.2) is 25.5 Å². The Morgan fingerprint density at radius 3 is 2.45 bits per heavy atom. The fourth-order valence-electron chi connectivity index (χ4n) is 1.61. The first kappa shape index (κ1) is 16.9. The molecule has 0 saturated carbocycles. The molecule has 0 aliphatic carbocycles. The van der Waals surface area contributed by atoms with Crippen molar-refractivity contribution in [1.29, 1.82) is 0 Å². The van der Waals surface area contributed by atoms with Gasteiger partial charge in [0.1, 0.15) is 11.9 Å². The van der Waals surface area contributed by atoms with Crippen molar-refractivity contribution >= 4 is 27.6 Å². The van der Waals surface area contributed by atoms with Crippen LogP contribution < -0.4 is 4.72 Å². The number of hydrogen-bond donors (Lipinski definition) is 2. The van der Waals surface area contributed by atoms with Crippen molar-refractivity contribution in [3.63, 3.8) is 0 Å². The Kier molecular flexibility index (Phi) is 5.50. The third-order valence-electron chi connectivity index (χ3n) is 2.45. The number of halogens is 2. The van der Waals surface area contributed by atoms with Gasteiger partial charge in [-0.25, -0.2) is 12.8 Å². The lowest BCUT2D eigenvalue weighted by atomic mass is 10.1. The number of carboxylic acid groups (broad SMARTS) is 1. The van der Waals surface area contributed by atoms with Crippen LogP contribution in [0.3, 0.4) is 0 Å². The SMILES string of the molecule is CC(C)C[C@H](NS(=O)(=O)c1cc(F)cc(Cl)c1)C(=O)O. The Bertz CT molecular complexity index is 583. The van der Waals surface area contributed by atoms with Gasteiger partial charge >= 0.3 is 5.97 Å². The van der Waals surface area contributed by atoms with Gasteiger partial charge in [0.05, 0.1) is 4.90 Å². The predicted octanol–water partition coefficient (Wildman–Crippen LogP) is 2.26. The topological polar surface area (TPSA) is 83.5 Å². The predicted molar refractivity (Wildman–Crippen MR) is 72.6 cm³/mol. The van der Waals surface area contributed by atoms with E-state index < -0.39 is 32.7 Å². The van der Waals surface area contributed by atoms with Gasteiger partial charge in [0.15, 0.2) is 0 Å². The first-order valence-electron chi connectivity index (χ1n) is 5.83. The average molecular weight is 324 g/mol. The van der Waals surface area contributed by atoms with Crippen molar-refractivity contribution in [2.75, 3.05) is 0 Å². The van der Waals surface area contributed by atoms with E-state index in [-0.39, 0.29) is 17.4 Å². The quantitative estimate of drug-likeness (QED) is 0.841. The highest BCUT2D eigenvalue weighted by Crippen LogP contribution is 2.19. The van der Waals surface area contributed by atoms with Crippen molar-refractivity contribution in [2.45, 2.75) is 31.2 Å². The average Bonchev–Trinajstić information content (AvgIpc) is 2.25. The maximum atomic E-state index is 13.2. The molecule has 0 radical (unpaired) electrons. The second kappa shape index (κ2) is 6.51. The normalized spacial score (nSPS) is 13.4. The lowest BCUT2D eigenvalue weighted by molar-refractivity contribution is -0.139. The lowest BCUT2D eigenvalue weighted by Crippen LogP contribution is -2.41. The second-order valence-electron chi connectivity index (χ2n) is 4.75. The lowest BCUT2D eigenvalue weighted by Gasteiger charge is -2.16. The molecule has 0 fully saturated rings. The number of hydrogen-bond acceptors (Lipinski definition) is 3. The summed E-state index contributed by atoms with van der Waals surface area (Å²) in [6, 6.07) is 1.52. The van der Waals surface area contributed by atoms with E-state index in [9.17, 15) is 17.6 Å². The molecule has 1 atom stereocenters. The monoisotopic (exact) mass is 323 g/mol. The molecule has 0 spiro atoms. The van der Waals surface area contributed by atoms with Gasteiger partial charge in [-0.2, -0.15) is 4.72 Å². The van der Waals surface area contributed by atoms with Crippen LogP contribution in [0.5, 0.6) is 0 Å². The molecule has 0 saturated heterocycles. The smallest absolute Gasteiger partial charge is 0.321 e. The molecule has 8 heteroatoms. The summed E-state index contributed by atoms with van der Waals surface area (Å²) in [6.07, 6.45) is 0.123. The van der Waals surface area contributed by atoms with E-state index in [2.05, 4.69) is 0 Å². The molecule has 2 N–H and O–H groups in total. The highest BCUT2D eigenvalue weighted by Gasteiger charge is 2.26. The fraction of sp³-hybridized carbons (Fsp3) is 0.417. The molecule has 5 nitrogen and oxygen atoms in total. The van der Waals surface area contributed by atoms with Crippen LogP contribution in [0.1, 0.15) is 20.3 Å². The standard InChI is InChI=1S/C12H15ClFNO4S/c1-7(2)3-11(12(16)17)15-20(18,19)10-5-8(13)4-9(14)6-10/h4-7,11,15H,3H2,1-2H3,(H,16,17)/t11-/m0/s1. The van der Waals surface area contributed by atoms with Crippen molar-refractivity contribution in [3.05, 3.63) is 29.0 Å². The summed E-state index contributed by atoms with van der Waals surface area (Å²) in [5, 5.41) is 8.93. The molecule has 1 aromatic rings. The van der Waals surface area contributed by atoms with Gasteiger partial charge in [-0.3, -0.25) is 4.79 Å². The minimum atomic E-state index is -4.15. The number of rotatable bonds is 6. The molecule has 0 bridgehead atoms. The Labute approximate surface area is 121 Å². The van der Waals surface area contributed by atoms with E-state index in [0.29, 0.717) is 0 Å². The zero-order valence-corrected chi connectivity index (χ0v) is 12.5. The third kappa shape index (κ3) is 4.73. The maximum absolute atomic E-state index is 13.2. The largest absolute Gasteiger partial charge is 0.480 e. The molecule has 0 aliphatic rings. The number of sulfonamides is 1. The van der Waals surface area contributed by atoms with Crippen LogP contribution in [0.4, 0.5) is 4.39 Å². The molecule has 0 heterocycles. The van der Waals surface area contributed by atoms with Crippen LogP contribution in [-0.2, 0) is 14.8 Å². The third-order valence-corrected chi connectivity index (χ3v) is 4.12. The van der Waals surface area contributed by atoms with E-state index >= 15 is 0 Å². The summed E-state index contributed by atoms with van der Waals surface area (Å²) in [5.41, 5.74) is 0. The van der Waals surface area contributed by atoms with E-state index in [1.807, 2.05) is 4.72 Å². The Balaban J connectivity index is 3.06. The molecule has 1 aromatic carbocycles. The van der Waals surface area contributed by atoms with Gasteiger partial charge in [-0.05, 0) is 30.5 Å². The number of nitrogens with one attached hydrogen (secondary N) is 1. The summed E-state index contributed by atoms with van der Waals surface area (Å²) in [6.45, 7) is 3.53. The van der Waals surface area contributed by atoms with Gasteiger partial charge < -0.3 is 5.11 Å². The molecule has 0 aromatic heterocycles. The van der Waals surface area contributed by atoms with E-state index in [0.717, 1.165) is 18.2 Å². The van der Waals surface area contributed by atoms with Crippen molar-refractivity contribution in [3.8, 4) is 0 Å². The van der Waals surface area contributed by atoms with Gasteiger partial charge in [0, 0.05) is 5.02 Å². The number of aliphatic carboxylic acids is 1. The summed E-state index contributed by atoms with van der Waals surface area (Å²) in [5.74, 6) is -2.12. The molecule has 0 amide bonds. The van der Waals surface area contributed by atoms with Gasteiger partial charge in [-0.1, -0.05) is 25.4 Å². The minimum absolute atomic E-state index is 0.0186. The number of carboxylic acids is 1. The number of benzene rings is 1. The zero-order chi connectivity index (χ0) is 15.5. The Morgan fingerprint density at radius 1 is 1.40 bits per heavy atom. The van der Waals surface area contributed by atoms with E-state index in [1.54, 1.807) is 13.8 Å². The number of carbonyl (C=O) groups is 1. The fourth-order valence-corrected chi connectivity index (χ4v) is 3.15. The van der Waals surface area contributed by atoms with Crippen LogP contribution >= 0.6 is 11.6 Å². The first-order chi connectivity index (χ1) is 9.11. The van der Waals surface area contributed by atoms with Crippen molar-refractivity contribution < 1.29 is 22.7 Å². The molecule has 0 unspecified atom stereocenters. The van der Waals surface area contributed by atoms with Gasteiger partial charge in [-0.15, -0.1) is 0 Å². The summed E-state index contributed by atoms with van der Waals surface area (Å²) < 4.78 is 39.3. The molecule has 0 aliphatic heterocycles. The van der Waals surface area contributed by atoms with Gasteiger partial charge in [0.2, 0.25) is 10.0 Å². The van der Waals surface area contributed by atoms with Crippen LogP contribution in [0.25, 0.3) is 0 Å². The summed E-state index contributed by atoms with van der Waals surface area (Å²) in [7, 11) is -4.15. The van der Waals surface area contributed by atoms with Crippen molar-refractivity contribution in [2.24, 2.45) is 5.92 Å². The van der Waals surface area contributed by atoms with E-state index in [1.165, 1.54) is 0 Å². The van der Waals surface area contributed by atoms with Crippen LogP contribution in [0.15, 0.2) is 23.1 Å². The zero-order valence-electron chi connectivity index (χ0n) is 10.9. The minimum Gasteiger partial charge on any atom is -0.480 e.